The summed E-state index contributed by atoms with van der Waals surface area (Å²) in [5.41, 5.74) is 0.868. The molecular formula is C14H23N3O3S. The number of nitrogens with zero attached hydrogens (tertiary/aromatic N) is 1. The number of hydrogen-bond donors (Lipinski definition) is 2. The molecule has 0 aliphatic carbocycles. The number of nitrogens with one attached hydrogen (secondary N) is 2. The van der Waals surface area contributed by atoms with Crippen LogP contribution in [0.2, 0.25) is 0 Å². The predicted octanol–water partition coefficient (Wildman–Crippen LogP) is 0.722. The Labute approximate surface area is 126 Å². The lowest BCUT2D eigenvalue weighted by Gasteiger charge is -2.18. The molecule has 0 saturated heterocycles. The first kappa shape index (κ1) is 17.6. The van der Waals surface area contributed by atoms with E-state index in [1.807, 2.05) is 20.0 Å². The van der Waals surface area contributed by atoms with Crippen molar-refractivity contribution in [2.75, 3.05) is 21.1 Å². The average Bonchev–Trinajstić information content (AvgIpc) is 2.45. The van der Waals surface area contributed by atoms with Crippen molar-refractivity contribution in [1.29, 1.82) is 0 Å². The highest BCUT2D eigenvalue weighted by Crippen LogP contribution is 2.17. The van der Waals surface area contributed by atoms with Gasteiger partial charge in [0.15, 0.2) is 0 Å². The molecule has 2 unspecified atom stereocenters. The molecule has 2 N–H and O–H groups in total. The van der Waals surface area contributed by atoms with E-state index in [9.17, 15) is 13.2 Å². The zero-order valence-electron chi connectivity index (χ0n) is 13.0. The van der Waals surface area contributed by atoms with Gasteiger partial charge < -0.3 is 10.2 Å². The molecule has 1 rings (SSSR count). The Morgan fingerprint density at radius 3 is 2.38 bits per heavy atom. The summed E-state index contributed by atoms with van der Waals surface area (Å²) in [6.07, 6.45) is 0. The minimum absolute atomic E-state index is 0.0426. The second kappa shape index (κ2) is 7.02. The molecule has 0 aromatic heterocycles. The Balaban J connectivity index is 3.01. The predicted molar refractivity (Wildman–Crippen MR) is 82.4 cm³/mol. The molecule has 0 heterocycles. The lowest BCUT2D eigenvalue weighted by Crippen LogP contribution is -2.44. The Hall–Kier alpha value is -1.44. The molecule has 0 bridgehead atoms. The molecule has 1 amide bonds. The third kappa shape index (κ3) is 4.52. The fourth-order valence-corrected chi connectivity index (χ4v) is 3.11. The summed E-state index contributed by atoms with van der Waals surface area (Å²) in [6, 6.07) is 5.90. The van der Waals surface area contributed by atoms with Crippen molar-refractivity contribution in [2.45, 2.75) is 30.8 Å². The standard InChI is InChI=1S/C14H23N3O3S/c1-10(15-3)12-7-6-8-13(9-12)21(19,20)16-11(2)14(18)17(4)5/h6-11,15-16H,1-5H3. The highest BCUT2D eigenvalue weighted by molar-refractivity contribution is 7.89. The lowest BCUT2D eigenvalue weighted by atomic mass is 10.1. The van der Waals surface area contributed by atoms with Gasteiger partial charge in [0.2, 0.25) is 15.9 Å². The number of rotatable bonds is 6. The van der Waals surface area contributed by atoms with E-state index in [1.165, 1.54) is 17.9 Å². The molecule has 1 aromatic rings. The van der Waals surface area contributed by atoms with Crippen molar-refractivity contribution in [3.05, 3.63) is 29.8 Å². The van der Waals surface area contributed by atoms with Gasteiger partial charge in [0.05, 0.1) is 10.9 Å². The number of hydrogen-bond acceptors (Lipinski definition) is 4. The number of amides is 1. The maximum atomic E-state index is 12.3. The molecule has 21 heavy (non-hydrogen) atoms. The van der Waals surface area contributed by atoms with E-state index >= 15 is 0 Å². The van der Waals surface area contributed by atoms with E-state index < -0.39 is 16.1 Å². The van der Waals surface area contributed by atoms with E-state index in [2.05, 4.69) is 10.0 Å². The van der Waals surface area contributed by atoms with Crippen LogP contribution < -0.4 is 10.0 Å². The number of carbonyl (C=O) groups excluding carboxylic acids is 1. The van der Waals surface area contributed by atoms with Gasteiger partial charge in [0.1, 0.15) is 0 Å². The molecule has 6 nitrogen and oxygen atoms in total. The van der Waals surface area contributed by atoms with Crippen molar-refractivity contribution in [2.24, 2.45) is 0 Å². The van der Waals surface area contributed by atoms with Crippen molar-refractivity contribution >= 4 is 15.9 Å². The fraction of sp³-hybridized carbons (Fsp3) is 0.500. The molecule has 7 heteroatoms. The largest absolute Gasteiger partial charge is 0.347 e. The maximum absolute atomic E-state index is 12.3. The quantitative estimate of drug-likeness (QED) is 0.811. The third-order valence-electron chi connectivity index (χ3n) is 3.24. The normalized spacial score (nSPS) is 14.5. The van der Waals surface area contributed by atoms with Crippen LogP contribution in [0.4, 0.5) is 0 Å². The minimum atomic E-state index is -3.73. The summed E-state index contributed by atoms with van der Waals surface area (Å²) >= 11 is 0. The van der Waals surface area contributed by atoms with Crippen molar-refractivity contribution < 1.29 is 13.2 Å². The van der Waals surface area contributed by atoms with Crippen LogP contribution in [0.3, 0.4) is 0 Å². The van der Waals surface area contributed by atoms with E-state index in [1.54, 1.807) is 26.2 Å². The number of benzene rings is 1. The van der Waals surface area contributed by atoms with E-state index in [-0.39, 0.29) is 16.8 Å². The van der Waals surface area contributed by atoms with Crippen LogP contribution in [0.25, 0.3) is 0 Å². The van der Waals surface area contributed by atoms with E-state index in [0.717, 1.165) is 5.56 Å². The van der Waals surface area contributed by atoms with Gasteiger partial charge in [0, 0.05) is 20.1 Å². The summed E-state index contributed by atoms with van der Waals surface area (Å²) in [6.45, 7) is 3.47. The fourth-order valence-electron chi connectivity index (χ4n) is 1.86. The summed E-state index contributed by atoms with van der Waals surface area (Å²) < 4.78 is 27.1. The number of sulfonamides is 1. The monoisotopic (exact) mass is 313 g/mol. The van der Waals surface area contributed by atoms with Gasteiger partial charge in [-0.3, -0.25) is 4.79 Å². The Morgan fingerprint density at radius 1 is 1.24 bits per heavy atom. The van der Waals surface area contributed by atoms with Crippen LogP contribution >= 0.6 is 0 Å². The zero-order valence-corrected chi connectivity index (χ0v) is 13.9. The average molecular weight is 313 g/mol. The van der Waals surface area contributed by atoms with Gasteiger partial charge >= 0.3 is 0 Å². The van der Waals surface area contributed by atoms with E-state index in [4.69, 9.17) is 0 Å². The molecular weight excluding hydrogens is 290 g/mol. The van der Waals surface area contributed by atoms with Crippen LogP contribution in [0, 0.1) is 0 Å². The van der Waals surface area contributed by atoms with Crippen LogP contribution in [0.15, 0.2) is 29.2 Å². The van der Waals surface area contributed by atoms with E-state index in [0.29, 0.717) is 0 Å². The Kier molecular flexibility index (Phi) is 5.88. The Bertz CT molecular complexity index is 599. The first-order valence-corrected chi connectivity index (χ1v) is 8.18. The Morgan fingerprint density at radius 2 is 1.86 bits per heavy atom. The second-order valence-corrected chi connectivity index (χ2v) is 6.87. The number of carbonyl (C=O) groups is 1. The lowest BCUT2D eigenvalue weighted by molar-refractivity contribution is -0.130. The van der Waals surface area contributed by atoms with Gasteiger partial charge in [0.25, 0.3) is 0 Å². The van der Waals surface area contributed by atoms with Crippen molar-refractivity contribution in [1.82, 2.24) is 14.9 Å². The smallest absolute Gasteiger partial charge is 0.241 e. The topological polar surface area (TPSA) is 78.5 Å². The second-order valence-electron chi connectivity index (χ2n) is 5.16. The van der Waals surface area contributed by atoms with Crippen molar-refractivity contribution in [3.8, 4) is 0 Å². The minimum Gasteiger partial charge on any atom is -0.347 e. The zero-order chi connectivity index (χ0) is 16.2. The molecule has 0 fully saturated rings. The molecule has 0 aliphatic heterocycles. The van der Waals surface area contributed by atoms with Gasteiger partial charge in [-0.15, -0.1) is 0 Å². The van der Waals surface area contributed by atoms with Crippen LogP contribution in [-0.4, -0.2) is 46.4 Å². The molecule has 0 saturated carbocycles. The van der Waals surface area contributed by atoms with Crippen molar-refractivity contribution in [3.63, 3.8) is 0 Å². The maximum Gasteiger partial charge on any atom is 0.241 e. The summed E-state index contributed by atoms with van der Waals surface area (Å²) in [5.74, 6) is -0.293. The number of likely N-dealkylation sites (N-methyl/N-ethyl adjacent to an activating group) is 1. The molecule has 0 spiro atoms. The molecule has 118 valence electrons. The summed E-state index contributed by atoms with van der Waals surface area (Å²) in [4.78, 5) is 13.3. The third-order valence-corrected chi connectivity index (χ3v) is 4.78. The van der Waals surface area contributed by atoms with Crippen LogP contribution in [0.1, 0.15) is 25.5 Å². The highest BCUT2D eigenvalue weighted by Gasteiger charge is 2.23. The van der Waals surface area contributed by atoms with Crippen LogP contribution in [-0.2, 0) is 14.8 Å². The summed E-state index contributed by atoms with van der Waals surface area (Å²) in [5, 5.41) is 3.06. The molecule has 2 atom stereocenters. The van der Waals surface area contributed by atoms with Crippen LogP contribution in [0.5, 0.6) is 0 Å². The van der Waals surface area contributed by atoms with Gasteiger partial charge in [-0.2, -0.15) is 4.72 Å². The SMILES string of the molecule is CNC(C)c1cccc(S(=O)(=O)NC(C)C(=O)N(C)C)c1. The van der Waals surface area contributed by atoms with Gasteiger partial charge in [-0.25, -0.2) is 8.42 Å². The van der Waals surface area contributed by atoms with Gasteiger partial charge in [-0.1, -0.05) is 12.1 Å². The molecule has 0 radical (unpaired) electrons. The first-order chi connectivity index (χ1) is 9.69. The highest BCUT2D eigenvalue weighted by atomic mass is 32.2. The molecule has 0 aliphatic rings. The molecule has 1 aromatic carbocycles. The van der Waals surface area contributed by atoms with Gasteiger partial charge in [-0.05, 0) is 38.6 Å². The first-order valence-electron chi connectivity index (χ1n) is 6.69. The summed E-state index contributed by atoms with van der Waals surface area (Å²) in [7, 11) is 1.25.